The zero-order valence-electron chi connectivity index (χ0n) is 11.3. The van der Waals surface area contributed by atoms with E-state index in [2.05, 4.69) is 17.3 Å². The predicted molar refractivity (Wildman–Crippen MR) is 72.1 cm³/mol. The highest BCUT2D eigenvalue weighted by Crippen LogP contribution is 2.37. The topological polar surface area (TPSA) is 15.3 Å². The lowest BCUT2D eigenvalue weighted by Gasteiger charge is -2.46. The monoisotopic (exact) mass is 236 g/mol. The summed E-state index contributed by atoms with van der Waals surface area (Å²) in [5, 5.41) is 3.50. The van der Waals surface area contributed by atoms with Crippen molar-refractivity contribution < 1.29 is 0 Å². The lowest BCUT2D eigenvalue weighted by molar-refractivity contribution is 0.0352. The molecule has 1 N–H and O–H groups in total. The van der Waals surface area contributed by atoms with Crippen LogP contribution in [-0.2, 0) is 0 Å². The van der Waals surface area contributed by atoms with Gasteiger partial charge in [0.25, 0.3) is 0 Å². The number of hydrogen-bond donors (Lipinski definition) is 1. The average Bonchev–Trinajstić information content (AvgIpc) is 2.38. The molecule has 3 fully saturated rings. The van der Waals surface area contributed by atoms with Gasteiger partial charge >= 0.3 is 0 Å². The highest BCUT2D eigenvalue weighted by molar-refractivity contribution is 4.90. The molecule has 0 aromatic heterocycles. The Labute approximate surface area is 106 Å². The smallest absolute Gasteiger partial charge is 0.0110 e. The van der Waals surface area contributed by atoms with E-state index in [1.807, 2.05) is 0 Å². The van der Waals surface area contributed by atoms with E-state index in [9.17, 15) is 0 Å². The van der Waals surface area contributed by atoms with Crippen molar-refractivity contribution in [1.82, 2.24) is 10.2 Å². The van der Waals surface area contributed by atoms with E-state index >= 15 is 0 Å². The van der Waals surface area contributed by atoms with Gasteiger partial charge in [-0.05, 0) is 57.4 Å². The first-order valence-corrected chi connectivity index (χ1v) is 7.76. The Hall–Kier alpha value is -0.0800. The van der Waals surface area contributed by atoms with Gasteiger partial charge in [-0.3, -0.25) is 4.90 Å². The van der Waals surface area contributed by atoms with Gasteiger partial charge in [0.2, 0.25) is 0 Å². The molecule has 17 heavy (non-hydrogen) atoms. The minimum Gasteiger partial charge on any atom is -0.317 e. The standard InChI is InChI=1S/C15H28N2/c1-16-14-6-3-7-15(9-14)17-10-12-4-2-5-13(8-12)11-17/h12-16H,2-11H2,1H3. The van der Waals surface area contributed by atoms with E-state index in [0.717, 1.165) is 23.9 Å². The Bertz CT molecular complexity index is 241. The summed E-state index contributed by atoms with van der Waals surface area (Å²) in [6.45, 7) is 2.83. The van der Waals surface area contributed by atoms with Gasteiger partial charge in [-0.2, -0.15) is 0 Å². The number of nitrogens with one attached hydrogen (secondary N) is 1. The van der Waals surface area contributed by atoms with Crippen LogP contribution in [-0.4, -0.2) is 37.1 Å². The largest absolute Gasteiger partial charge is 0.317 e. The summed E-state index contributed by atoms with van der Waals surface area (Å²) in [5.41, 5.74) is 0. The van der Waals surface area contributed by atoms with Crippen LogP contribution >= 0.6 is 0 Å². The zero-order chi connectivity index (χ0) is 11.7. The normalized spacial score (nSPS) is 43.6. The van der Waals surface area contributed by atoms with E-state index in [-0.39, 0.29) is 0 Å². The maximum Gasteiger partial charge on any atom is 0.0110 e. The summed E-state index contributed by atoms with van der Waals surface area (Å²) in [5.74, 6) is 2.08. The third-order valence-corrected chi connectivity index (χ3v) is 5.45. The molecule has 98 valence electrons. The van der Waals surface area contributed by atoms with Crippen molar-refractivity contribution in [2.24, 2.45) is 11.8 Å². The van der Waals surface area contributed by atoms with Crippen LogP contribution in [0.1, 0.15) is 51.4 Å². The number of likely N-dealkylation sites (tertiary alicyclic amines) is 1. The lowest BCUT2D eigenvalue weighted by Crippen LogP contribution is -2.50. The van der Waals surface area contributed by atoms with Crippen LogP contribution in [0, 0.1) is 11.8 Å². The highest BCUT2D eigenvalue weighted by Gasteiger charge is 2.35. The van der Waals surface area contributed by atoms with Crippen LogP contribution in [0.25, 0.3) is 0 Å². The van der Waals surface area contributed by atoms with Gasteiger partial charge in [0.05, 0.1) is 0 Å². The average molecular weight is 236 g/mol. The van der Waals surface area contributed by atoms with E-state index in [4.69, 9.17) is 0 Å². The fourth-order valence-electron chi connectivity index (χ4n) is 4.53. The second-order valence-corrected chi connectivity index (χ2v) is 6.66. The molecular formula is C15H28N2. The summed E-state index contributed by atoms with van der Waals surface area (Å²) < 4.78 is 0. The Balaban J connectivity index is 1.60. The maximum atomic E-state index is 3.50. The molecule has 2 aliphatic carbocycles. The molecule has 1 aliphatic heterocycles. The van der Waals surface area contributed by atoms with Gasteiger partial charge in [-0.1, -0.05) is 12.8 Å². The molecule has 0 spiro atoms. The number of hydrogen-bond acceptors (Lipinski definition) is 2. The molecule has 2 saturated carbocycles. The highest BCUT2D eigenvalue weighted by atomic mass is 15.2. The maximum absolute atomic E-state index is 3.50. The minimum absolute atomic E-state index is 0.788. The number of rotatable bonds is 2. The SMILES string of the molecule is CNC1CCCC(N2CC3CCCC(C3)C2)C1. The van der Waals surface area contributed by atoms with Crippen LogP contribution in [0.4, 0.5) is 0 Å². The molecule has 4 atom stereocenters. The van der Waals surface area contributed by atoms with Gasteiger partial charge in [0, 0.05) is 25.2 Å². The molecule has 0 aromatic rings. The Morgan fingerprint density at radius 1 is 0.882 bits per heavy atom. The third-order valence-electron chi connectivity index (χ3n) is 5.45. The molecule has 0 radical (unpaired) electrons. The third kappa shape index (κ3) is 2.68. The quantitative estimate of drug-likeness (QED) is 0.793. The van der Waals surface area contributed by atoms with Gasteiger partial charge in [-0.15, -0.1) is 0 Å². The van der Waals surface area contributed by atoms with E-state index in [1.54, 1.807) is 6.42 Å². The molecule has 2 bridgehead atoms. The first-order chi connectivity index (χ1) is 8.35. The Morgan fingerprint density at radius 3 is 2.29 bits per heavy atom. The predicted octanol–water partition coefficient (Wildman–Crippen LogP) is 2.64. The molecule has 4 unspecified atom stereocenters. The fourth-order valence-corrected chi connectivity index (χ4v) is 4.53. The van der Waals surface area contributed by atoms with Crippen molar-refractivity contribution in [2.45, 2.75) is 63.5 Å². The summed E-state index contributed by atoms with van der Waals surface area (Å²) in [7, 11) is 2.14. The Morgan fingerprint density at radius 2 is 1.59 bits per heavy atom. The van der Waals surface area contributed by atoms with Crippen LogP contribution in [0.2, 0.25) is 0 Å². The van der Waals surface area contributed by atoms with E-state index in [0.29, 0.717) is 0 Å². The summed E-state index contributed by atoms with van der Waals surface area (Å²) in [4.78, 5) is 2.86. The second-order valence-electron chi connectivity index (χ2n) is 6.66. The van der Waals surface area contributed by atoms with Gasteiger partial charge in [0.15, 0.2) is 0 Å². The van der Waals surface area contributed by atoms with Gasteiger partial charge in [0.1, 0.15) is 0 Å². The molecule has 3 aliphatic rings. The van der Waals surface area contributed by atoms with Crippen molar-refractivity contribution in [3.8, 4) is 0 Å². The van der Waals surface area contributed by atoms with E-state index in [1.165, 1.54) is 58.0 Å². The van der Waals surface area contributed by atoms with Crippen LogP contribution in [0.5, 0.6) is 0 Å². The summed E-state index contributed by atoms with van der Waals surface area (Å²) >= 11 is 0. The van der Waals surface area contributed by atoms with Gasteiger partial charge < -0.3 is 5.32 Å². The van der Waals surface area contributed by atoms with Crippen molar-refractivity contribution in [3.63, 3.8) is 0 Å². The molecule has 2 heteroatoms. The van der Waals surface area contributed by atoms with E-state index < -0.39 is 0 Å². The number of piperidine rings is 1. The second kappa shape index (κ2) is 5.27. The molecular weight excluding hydrogens is 208 g/mol. The molecule has 3 rings (SSSR count). The molecule has 0 aromatic carbocycles. The van der Waals surface area contributed by atoms with Crippen LogP contribution in [0.15, 0.2) is 0 Å². The molecule has 1 saturated heterocycles. The fraction of sp³-hybridized carbons (Fsp3) is 1.00. The van der Waals surface area contributed by atoms with Crippen molar-refractivity contribution in [2.75, 3.05) is 20.1 Å². The van der Waals surface area contributed by atoms with Crippen LogP contribution < -0.4 is 5.32 Å². The zero-order valence-corrected chi connectivity index (χ0v) is 11.3. The Kier molecular flexibility index (Phi) is 3.72. The lowest BCUT2D eigenvalue weighted by atomic mass is 9.76. The summed E-state index contributed by atoms with van der Waals surface area (Å²) in [6, 6.07) is 1.68. The number of fused-ring (bicyclic) bond motifs is 2. The van der Waals surface area contributed by atoms with Crippen molar-refractivity contribution >= 4 is 0 Å². The van der Waals surface area contributed by atoms with Crippen molar-refractivity contribution in [3.05, 3.63) is 0 Å². The van der Waals surface area contributed by atoms with Gasteiger partial charge in [-0.25, -0.2) is 0 Å². The molecule has 1 heterocycles. The number of nitrogens with zero attached hydrogens (tertiary/aromatic N) is 1. The first-order valence-electron chi connectivity index (χ1n) is 7.76. The molecule has 0 amide bonds. The van der Waals surface area contributed by atoms with Crippen molar-refractivity contribution in [1.29, 1.82) is 0 Å². The summed E-state index contributed by atoms with van der Waals surface area (Å²) in [6.07, 6.45) is 11.7. The first kappa shape index (κ1) is 12.0. The molecule has 2 nitrogen and oxygen atoms in total. The minimum atomic E-state index is 0.788. The van der Waals surface area contributed by atoms with Crippen LogP contribution in [0.3, 0.4) is 0 Å².